The Morgan fingerprint density at radius 3 is 2.50 bits per heavy atom. The maximum Gasteiger partial charge on any atom is 0.136 e. The van der Waals surface area contributed by atoms with E-state index in [0.717, 1.165) is 0 Å². The van der Waals surface area contributed by atoms with Gasteiger partial charge < -0.3 is 5.21 Å². The lowest BCUT2D eigenvalue weighted by atomic mass is 10.1. The van der Waals surface area contributed by atoms with Crippen LogP contribution in [0.5, 0.6) is 0 Å². The molecule has 0 aliphatic rings. The van der Waals surface area contributed by atoms with Crippen LogP contribution in [-0.2, 0) is 0 Å². The number of rotatable bonds is 2. The summed E-state index contributed by atoms with van der Waals surface area (Å²) in [6.45, 7) is 0. The average molecular weight is 233 g/mol. The van der Waals surface area contributed by atoms with Crippen LogP contribution in [0.1, 0.15) is 11.3 Å². The van der Waals surface area contributed by atoms with Crippen molar-refractivity contribution in [2.75, 3.05) is 0 Å². The van der Waals surface area contributed by atoms with Gasteiger partial charge in [-0.25, -0.2) is 0 Å². The van der Waals surface area contributed by atoms with E-state index in [1.165, 1.54) is 0 Å². The highest BCUT2D eigenvalue weighted by Gasteiger charge is 2.11. The number of aromatic nitrogens is 1. The van der Waals surface area contributed by atoms with Crippen LogP contribution in [-0.4, -0.2) is 15.9 Å². The van der Waals surface area contributed by atoms with Gasteiger partial charge in [0.25, 0.3) is 0 Å². The Balaban J connectivity index is 2.51. The van der Waals surface area contributed by atoms with Gasteiger partial charge in [0.05, 0.1) is 10.7 Å². The molecule has 4 heteroatoms. The summed E-state index contributed by atoms with van der Waals surface area (Å²) in [5.74, 6) is 0. The standard InChI is InChI=1S/C12H9ClN2O/c13-10-6-2-1-5-9(10)12(15-16)11-7-3-4-8-14-11/h1-8,16H/b15-12+. The van der Waals surface area contributed by atoms with E-state index in [9.17, 15) is 0 Å². The molecule has 0 atom stereocenters. The second-order valence-corrected chi connectivity index (χ2v) is 3.55. The molecular weight excluding hydrogens is 224 g/mol. The SMILES string of the molecule is O/N=C(/c1ccccn1)c1ccccc1Cl. The molecule has 2 aromatic rings. The average Bonchev–Trinajstić information content (AvgIpc) is 2.34. The first-order valence-electron chi connectivity index (χ1n) is 4.71. The fraction of sp³-hybridized carbons (Fsp3) is 0. The van der Waals surface area contributed by atoms with Crippen LogP contribution in [0.2, 0.25) is 5.02 Å². The van der Waals surface area contributed by atoms with E-state index in [0.29, 0.717) is 22.0 Å². The van der Waals surface area contributed by atoms with Crippen LogP contribution in [0.15, 0.2) is 53.8 Å². The third-order valence-corrected chi connectivity index (χ3v) is 2.47. The van der Waals surface area contributed by atoms with Crippen molar-refractivity contribution in [3.8, 4) is 0 Å². The number of hydrogen-bond acceptors (Lipinski definition) is 3. The van der Waals surface area contributed by atoms with E-state index >= 15 is 0 Å². The van der Waals surface area contributed by atoms with E-state index in [1.807, 2.05) is 18.2 Å². The van der Waals surface area contributed by atoms with Crippen LogP contribution in [0.25, 0.3) is 0 Å². The summed E-state index contributed by atoms with van der Waals surface area (Å²) in [4.78, 5) is 4.12. The van der Waals surface area contributed by atoms with E-state index in [2.05, 4.69) is 10.1 Å². The summed E-state index contributed by atoms with van der Waals surface area (Å²) in [5.41, 5.74) is 1.61. The first kappa shape index (κ1) is 10.6. The zero-order valence-corrected chi connectivity index (χ0v) is 9.09. The lowest BCUT2D eigenvalue weighted by Crippen LogP contribution is -2.06. The predicted octanol–water partition coefficient (Wildman–Crippen LogP) is 2.96. The van der Waals surface area contributed by atoms with Crippen molar-refractivity contribution in [1.82, 2.24) is 4.98 Å². The van der Waals surface area contributed by atoms with Crippen molar-refractivity contribution in [2.45, 2.75) is 0 Å². The predicted molar refractivity (Wildman–Crippen MR) is 63.1 cm³/mol. The molecule has 1 N–H and O–H groups in total. The van der Waals surface area contributed by atoms with E-state index in [-0.39, 0.29) is 0 Å². The Morgan fingerprint density at radius 2 is 1.88 bits per heavy atom. The second kappa shape index (κ2) is 4.77. The van der Waals surface area contributed by atoms with Crippen molar-refractivity contribution in [3.63, 3.8) is 0 Å². The summed E-state index contributed by atoms with van der Waals surface area (Å²) in [5, 5.41) is 12.8. The second-order valence-electron chi connectivity index (χ2n) is 3.14. The van der Waals surface area contributed by atoms with Gasteiger partial charge in [0.15, 0.2) is 0 Å². The minimum atomic E-state index is 0.367. The maximum atomic E-state index is 9.05. The normalized spacial score (nSPS) is 11.4. The van der Waals surface area contributed by atoms with Gasteiger partial charge in [-0.3, -0.25) is 4.98 Å². The highest BCUT2D eigenvalue weighted by Crippen LogP contribution is 2.18. The molecule has 16 heavy (non-hydrogen) atoms. The number of halogens is 1. The van der Waals surface area contributed by atoms with Crippen molar-refractivity contribution in [1.29, 1.82) is 0 Å². The number of benzene rings is 1. The molecule has 80 valence electrons. The minimum absolute atomic E-state index is 0.367. The molecule has 0 spiro atoms. The molecule has 1 aromatic heterocycles. The summed E-state index contributed by atoms with van der Waals surface area (Å²) in [6.07, 6.45) is 1.64. The summed E-state index contributed by atoms with van der Waals surface area (Å²) in [7, 11) is 0. The van der Waals surface area contributed by atoms with Gasteiger partial charge in [0.2, 0.25) is 0 Å². The van der Waals surface area contributed by atoms with Gasteiger partial charge in [-0.15, -0.1) is 0 Å². The summed E-state index contributed by atoms with van der Waals surface area (Å²) < 4.78 is 0. The number of oxime groups is 1. The van der Waals surface area contributed by atoms with Crippen molar-refractivity contribution in [3.05, 3.63) is 64.9 Å². The van der Waals surface area contributed by atoms with Gasteiger partial charge in [-0.05, 0) is 18.2 Å². The molecule has 2 rings (SSSR count). The number of pyridine rings is 1. The highest BCUT2D eigenvalue weighted by molar-refractivity contribution is 6.35. The van der Waals surface area contributed by atoms with Crippen LogP contribution in [0.4, 0.5) is 0 Å². The quantitative estimate of drug-likeness (QED) is 0.492. The van der Waals surface area contributed by atoms with Crippen LogP contribution < -0.4 is 0 Å². The molecule has 0 amide bonds. The number of nitrogens with zero attached hydrogens (tertiary/aromatic N) is 2. The molecule has 0 unspecified atom stereocenters. The van der Waals surface area contributed by atoms with Crippen molar-refractivity contribution >= 4 is 17.3 Å². The monoisotopic (exact) mass is 232 g/mol. The molecule has 0 fully saturated rings. The molecule has 3 nitrogen and oxygen atoms in total. The molecule has 0 radical (unpaired) electrons. The van der Waals surface area contributed by atoms with Crippen molar-refractivity contribution in [2.24, 2.45) is 5.16 Å². The Kier molecular flexibility index (Phi) is 3.17. The summed E-state index contributed by atoms with van der Waals surface area (Å²) in [6, 6.07) is 12.6. The maximum absolute atomic E-state index is 9.05. The molecule has 0 saturated heterocycles. The minimum Gasteiger partial charge on any atom is -0.410 e. The van der Waals surface area contributed by atoms with Crippen LogP contribution in [0.3, 0.4) is 0 Å². The third-order valence-electron chi connectivity index (χ3n) is 2.14. The van der Waals surface area contributed by atoms with Gasteiger partial charge in [-0.2, -0.15) is 0 Å². The molecule has 1 heterocycles. The van der Waals surface area contributed by atoms with E-state index < -0.39 is 0 Å². The van der Waals surface area contributed by atoms with Crippen LogP contribution >= 0.6 is 11.6 Å². The fourth-order valence-corrected chi connectivity index (χ4v) is 1.62. The zero-order chi connectivity index (χ0) is 11.4. The third kappa shape index (κ3) is 2.04. The molecular formula is C12H9ClN2O. The zero-order valence-electron chi connectivity index (χ0n) is 8.34. The van der Waals surface area contributed by atoms with Gasteiger partial charge in [-0.1, -0.05) is 41.0 Å². The lowest BCUT2D eigenvalue weighted by Gasteiger charge is -2.05. The smallest absolute Gasteiger partial charge is 0.136 e. The molecule has 0 bridgehead atoms. The Labute approximate surface area is 98.0 Å². The van der Waals surface area contributed by atoms with Gasteiger partial charge in [0.1, 0.15) is 5.71 Å². The fourth-order valence-electron chi connectivity index (χ4n) is 1.40. The first-order valence-corrected chi connectivity index (χ1v) is 5.09. The van der Waals surface area contributed by atoms with Crippen LogP contribution in [0, 0.1) is 0 Å². The van der Waals surface area contributed by atoms with E-state index in [1.54, 1.807) is 30.5 Å². The highest BCUT2D eigenvalue weighted by atomic mass is 35.5. The van der Waals surface area contributed by atoms with Crippen molar-refractivity contribution < 1.29 is 5.21 Å². The molecule has 1 aromatic carbocycles. The Morgan fingerprint density at radius 1 is 1.12 bits per heavy atom. The topological polar surface area (TPSA) is 45.5 Å². The first-order chi connectivity index (χ1) is 7.83. The Hall–Kier alpha value is -1.87. The lowest BCUT2D eigenvalue weighted by molar-refractivity contribution is 0.319. The number of hydrogen-bond donors (Lipinski definition) is 1. The summed E-state index contributed by atoms with van der Waals surface area (Å²) >= 11 is 6.03. The van der Waals surface area contributed by atoms with E-state index in [4.69, 9.17) is 16.8 Å². The molecule has 0 saturated carbocycles. The molecule has 0 aliphatic carbocycles. The largest absolute Gasteiger partial charge is 0.410 e. The molecule has 0 aliphatic heterocycles. The Bertz CT molecular complexity index is 511. The van der Waals surface area contributed by atoms with Gasteiger partial charge in [0, 0.05) is 11.8 Å². The van der Waals surface area contributed by atoms with Gasteiger partial charge >= 0.3 is 0 Å².